The maximum absolute atomic E-state index is 11.9. The zero-order valence-electron chi connectivity index (χ0n) is 13.5. The molecule has 0 atom stereocenters. The summed E-state index contributed by atoms with van der Waals surface area (Å²) in [6.07, 6.45) is 1.56. The Bertz CT molecular complexity index is 819. The molecule has 0 saturated carbocycles. The van der Waals surface area contributed by atoms with Crippen LogP contribution >= 0.6 is 0 Å². The second-order valence-corrected chi connectivity index (χ2v) is 8.28. The van der Waals surface area contributed by atoms with Gasteiger partial charge in [-0.3, -0.25) is 4.79 Å². The lowest BCUT2D eigenvalue weighted by Crippen LogP contribution is -2.29. The first-order valence-corrected chi connectivity index (χ1v) is 8.88. The van der Waals surface area contributed by atoms with Gasteiger partial charge in [0.05, 0.1) is 6.26 Å². The molecule has 2 aromatic rings. The predicted molar refractivity (Wildman–Crippen MR) is 85.2 cm³/mol. The normalized spacial score (nSPS) is 12.2. The standard InChI is InChI=1S/C15H19N3O4S/c1-15(2,3)9-12-16-13(17-22-12)10-6-5-7-11(8-10)14(19)18-23(4,20)21/h5-8H,9H2,1-4H3,(H,18,19). The van der Waals surface area contributed by atoms with Crippen molar-refractivity contribution in [1.29, 1.82) is 0 Å². The molecule has 1 aromatic carbocycles. The van der Waals surface area contributed by atoms with Gasteiger partial charge in [-0.2, -0.15) is 4.98 Å². The number of hydrogen-bond donors (Lipinski definition) is 1. The Kier molecular flexibility index (Phi) is 4.56. The van der Waals surface area contributed by atoms with Crippen molar-refractivity contribution >= 4 is 15.9 Å². The molecule has 1 heterocycles. The molecule has 23 heavy (non-hydrogen) atoms. The molecule has 0 radical (unpaired) electrons. The quantitative estimate of drug-likeness (QED) is 0.915. The Morgan fingerprint density at radius 2 is 2.00 bits per heavy atom. The van der Waals surface area contributed by atoms with E-state index in [-0.39, 0.29) is 11.0 Å². The third-order valence-corrected chi connectivity index (χ3v) is 3.37. The molecular formula is C15H19N3O4S. The smallest absolute Gasteiger partial charge is 0.264 e. The summed E-state index contributed by atoms with van der Waals surface area (Å²) in [6.45, 7) is 6.19. The minimum absolute atomic E-state index is 0.0149. The molecule has 1 N–H and O–H groups in total. The molecular weight excluding hydrogens is 318 g/mol. The third kappa shape index (κ3) is 5.17. The van der Waals surface area contributed by atoms with Gasteiger partial charge in [0.25, 0.3) is 5.91 Å². The van der Waals surface area contributed by atoms with E-state index in [9.17, 15) is 13.2 Å². The van der Waals surface area contributed by atoms with Crippen LogP contribution in [0.1, 0.15) is 37.0 Å². The molecule has 1 amide bonds. The van der Waals surface area contributed by atoms with Gasteiger partial charge in [0, 0.05) is 17.5 Å². The van der Waals surface area contributed by atoms with E-state index in [1.54, 1.807) is 12.1 Å². The number of aromatic nitrogens is 2. The van der Waals surface area contributed by atoms with Crippen molar-refractivity contribution in [2.45, 2.75) is 27.2 Å². The molecule has 8 heteroatoms. The summed E-state index contributed by atoms with van der Waals surface area (Å²) < 4.78 is 29.4. The van der Waals surface area contributed by atoms with E-state index in [0.717, 1.165) is 6.26 Å². The van der Waals surface area contributed by atoms with E-state index < -0.39 is 15.9 Å². The summed E-state index contributed by atoms with van der Waals surface area (Å²) in [5.74, 6) is 0.171. The van der Waals surface area contributed by atoms with Crippen LogP contribution in [0.25, 0.3) is 11.4 Å². The second kappa shape index (κ2) is 6.11. The highest BCUT2D eigenvalue weighted by molar-refractivity contribution is 7.89. The topological polar surface area (TPSA) is 102 Å². The largest absolute Gasteiger partial charge is 0.339 e. The summed E-state index contributed by atoms with van der Waals surface area (Å²) >= 11 is 0. The number of benzene rings is 1. The molecule has 7 nitrogen and oxygen atoms in total. The molecule has 124 valence electrons. The number of nitrogens with one attached hydrogen (secondary N) is 1. The Morgan fingerprint density at radius 1 is 1.30 bits per heavy atom. The van der Waals surface area contributed by atoms with Crippen LogP contribution in [0.4, 0.5) is 0 Å². The average molecular weight is 337 g/mol. The summed E-state index contributed by atoms with van der Waals surface area (Å²) in [7, 11) is -3.61. The molecule has 1 aromatic heterocycles. The molecule has 0 unspecified atom stereocenters. The first kappa shape index (κ1) is 17.1. The minimum atomic E-state index is -3.61. The van der Waals surface area contributed by atoms with Crippen LogP contribution in [0.3, 0.4) is 0 Å². The lowest BCUT2D eigenvalue weighted by molar-refractivity contribution is 0.0981. The van der Waals surface area contributed by atoms with Gasteiger partial charge in [-0.05, 0) is 17.5 Å². The number of hydrogen-bond acceptors (Lipinski definition) is 6. The molecule has 0 aliphatic carbocycles. The molecule has 0 aliphatic heterocycles. The molecule has 0 fully saturated rings. The monoisotopic (exact) mass is 337 g/mol. The molecule has 0 spiro atoms. The summed E-state index contributed by atoms with van der Waals surface area (Å²) in [5, 5.41) is 3.91. The van der Waals surface area contributed by atoms with Crippen molar-refractivity contribution in [2.75, 3.05) is 6.26 Å². The van der Waals surface area contributed by atoms with Crippen molar-refractivity contribution in [3.8, 4) is 11.4 Å². The van der Waals surface area contributed by atoms with Gasteiger partial charge >= 0.3 is 0 Å². The van der Waals surface area contributed by atoms with Crippen LogP contribution in [0.15, 0.2) is 28.8 Å². The highest BCUT2D eigenvalue weighted by atomic mass is 32.2. The number of amides is 1. The molecule has 0 saturated heterocycles. The van der Waals surface area contributed by atoms with E-state index in [0.29, 0.717) is 23.7 Å². The number of carbonyl (C=O) groups excluding carboxylic acids is 1. The zero-order chi connectivity index (χ0) is 17.3. The van der Waals surface area contributed by atoms with Gasteiger partial charge in [-0.15, -0.1) is 0 Å². The van der Waals surface area contributed by atoms with Crippen LogP contribution in [0, 0.1) is 5.41 Å². The number of sulfonamides is 1. The number of nitrogens with zero attached hydrogens (tertiary/aromatic N) is 2. The summed E-state index contributed by atoms with van der Waals surface area (Å²) in [5.41, 5.74) is 0.797. The Balaban J connectivity index is 2.25. The molecule has 0 bridgehead atoms. The molecule has 2 rings (SSSR count). The summed E-state index contributed by atoms with van der Waals surface area (Å²) in [6, 6.07) is 6.39. The van der Waals surface area contributed by atoms with Crippen molar-refractivity contribution < 1.29 is 17.7 Å². The Labute approximate surface area is 135 Å². The van der Waals surface area contributed by atoms with Crippen LogP contribution in [-0.2, 0) is 16.4 Å². The van der Waals surface area contributed by atoms with Crippen LogP contribution < -0.4 is 4.72 Å². The lowest BCUT2D eigenvalue weighted by Gasteiger charge is -2.13. The fourth-order valence-corrected chi connectivity index (χ4v) is 2.38. The zero-order valence-corrected chi connectivity index (χ0v) is 14.3. The van der Waals surface area contributed by atoms with Gasteiger partial charge < -0.3 is 4.52 Å². The van der Waals surface area contributed by atoms with E-state index in [4.69, 9.17) is 4.52 Å². The first-order chi connectivity index (χ1) is 10.5. The van der Waals surface area contributed by atoms with E-state index in [1.165, 1.54) is 12.1 Å². The van der Waals surface area contributed by atoms with Crippen LogP contribution in [0.5, 0.6) is 0 Å². The van der Waals surface area contributed by atoms with Gasteiger partial charge in [0.2, 0.25) is 21.7 Å². The number of carbonyl (C=O) groups is 1. The Morgan fingerprint density at radius 3 is 2.61 bits per heavy atom. The fraction of sp³-hybridized carbons (Fsp3) is 0.400. The minimum Gasteiger partial charge on any atom is -0.339 e. The highest BCUT2D eigenvalue weighted by Crippen LogP contribution is 2.22. The SMILES string of the molecule is CC(C)(C)Cc1nc(-c2cccc(C(=O)NS(C)(=O)=O)c2)no1. The average Bonchev–Trinajstić information content (AvgIpc) is 2.83. The third-order valence-electron chi connectivity index (χ3n) is 2.81. The maximum atomic E-state index is 11.9. The predicted octanol–water partition coefficient (Wildman–Crippen LogP) is 2.01. The van der Waals surface area contributed by atoms with Crippen molar-refractivity contribution in [2.24, 2.45) is 5.41 Å². The Hall–Kier alpha value is -2.22. The lowest BCUT2D eigenvalue weighted by atomic mass is 9.92. The van der Waals surface area contributed by atoms with Gasteiger partial charge in [0.15, 0.2) is 0 Å². The van der Waals surface area contributed by atoms with E-state index in [1.807, 2.05) is 4.72 Å². The van der Waals surface area contributed by atoms with Crippen molar-refractivity contribution in [1.82, 2.24) is 14.9 Å². The first-order valence-electron chi connectivity index (χ1n) is 6.99. The van der Waals surface area contributed by atoms with Crippen molar-refractivity contribution in [3.63, 3.8) is 0 Å². The second-order valence-electron chi connectivity index (χ2n) is 6.53. The van der Waals surface area contributed by atoms with Crippen LogP contribution in [0.2, 0.25) is 0 Å². The maximum Gasteiger partial charge on any atom is 0.264 e. The number of rotatable bonds is 4. The molecule has 0 aliphatic rings. The van der Waals surface area contributed by atoms with E-state index in [2.05, 4.69) is 30.9 Å². The fourth-order valence-electron chi connectivity index (χ4n) is 1.92. The van der Waals surface area contributed by atoms with Gasteiger partial charge in [0.1, 0.15) is 0 Å². The van der Waals surface area contributed by atoms with E-state index >= 15 is 0 Å². The van der Waals surface area contributed by atoms with Gasteiger partial charge in [-0.1, -0.05) is 38.1 Å². The highest BCUT2D eigenvalue weighted by Gasteiger charge is 2.18. The summed E-state index contributed by atoms with van der Waals surface area (Å²) in [4.78, 5) is 16.2. The van der Waals surface area contributed by atoms with Crippen LogP contribution in [-0.4, -0.2) is 30.7 Å². The van der Waals surface area contributed by atoms with Crippen molar-refractivity contribution in [3.05, 3.63) is 35.7 Å². The van der Waals surface area contributed by atoms with Gasteiger partial charge in [-0.25, -0.2) is 13.1 Å².